The standard InChI is InChI=1S/C22H28FN3O/c1-24-12-9-16(10-13-24)26-14-11-17(15-26)25(2)22(27)20-7-8-21(23)19-6-4-3-5-18(19)20/h3-8,16-17H,9-15H2,1-2H3. The van der Waals surface area contributed by atoms with Crippen molar-refractivity contribution in [1.82, 2.24) is 14.7 Å². The summed E-state index contributed by atoms with van der Waals surface area (Å²) in [5, 5.41) is 1.20. The van der Waals surface area contributed by atoms with Crippen molar-refractivity contribution in [2.45, 2.75) is 31.3 Å². The fourth-order valence-corrected chi connectivity index (χ4v) is 4.58. The second-order valence-electron chi connectivity index (χ2n) is 8.03. The molecule has 2 aliphatic rings. The molecule has 2 aromatic rings. The predicted molar refractivity (Wildman–Crippen MR) is 106 cm³/mol. The van der Waals surface area contributed by atoms with E-state index in [1.807, 2.05) is 24.1 Å². The van der Waals surface area contributed by atoms with Crippen LogP contribution in [0.1, 0.15) is 29.6 Å². The highest BCUT2D eigenvalue weighted by Gasteiger charge is 2.33. The van der Waals surface area contributed by atoms with Crippen LogP contribution in [0.4, 0.5) is 4.39 Å². The minimum absolute atomic E-state index is 0.0126. The molecule has 1 atom stereocenters. The number of nitrogens with zero attached hydrogens (tertiary/aromatic N) is 3. The summed E-state index contributed by atoms with van der Waals surface area (Å²) in [7, 11) is 4.08. The van der Waals surface area contributed by atoms with E-state index < -0.39 is 0 Å². The molecule has 2 aromatic carbocycles. The summed E-state index contributed by atoms with van der Waals surface area (Å²) in [5.41, 5.74) is 0.590. The fourth-order valence-electron chi connectivity index (χ4n) is 4.58. The zero-order valence-electron chi connectivity index (χ0n) is 16.2. The average molecular weight is 369 g/mol. The molecule has 0 N–H and O–H groups in total. The number of amides is 1. The Bertz CT molecular complexity index is 831. The molecule has 2 heterocycles. The van der Waals surface area contributed by atoms with Gasteiger partial charge in [-0.25, -0.2) is 4.39 Å². The molecular formula is C22H28FN3O. The third-order valence-corrected chi connectivity index (χ3v) is 6.37. The van der Waals surface area contributed by atoms with E-state index in [2.05, 4.69) is 16.8 Å². The molecule has 27 heavy (non-hydrogen) atoms. The molecule has 2 saturated heterocycles. The summed E-state index contributed by atoms with van der Waals surface area (Å²) in [6, 6.07) is 11.1. The zero-order chi connectivity index (χ0) is 19.0. The van der Waals surface area contributed by atoms with Crippen molar-refractivity contribution in [3.63, 3.8) is 0 Å². The smallest absolute Gasteiger partial charge is 0.254 e. The third-order valence-electron chi connectivity index (χ3n) is 6.37. The Morgan fingerprint density at radius 2 is 1.74 bits per heavy atom. The molecule has 0 spiro atoms. The molecule has 0 bridgehead atoms. The van der Waals surface area contributed by atoms with Gasteiger partial charge >= 0.3 is 0 Å². The Balaban J connectivity index is 1.48. The molecule has 0 saturated carbocycles. The number of fused-ring (bicyclic) bond motifs is 1. The predicted octanol–water partition coefficient (Wildman–Crippen LogP) is 3.22. The summed E-state index contributed by atoms with van der Waals surface area (Å²) in [6.07, 6.45) is 3.43. The molecule has 144 valence electrons. The highest BCUT2D eigenvalue weighted by atomic mass is 19.1. The fraction of sp³-hybridized carbons (Fsp3) is 0.500. The van der Waals surface area contributed by atoms with Gasteiger partial charge in [0.2, 0.25) is 0 Å². The molecule has 2 fully saturated rings. The molecule has 2 aliphatic heterocycles. The second kappa shape index (κ2) is 7.56. The van der Waals surface area contributed by atoms with Gasteiger partial charge in [0.1, 0.15) is 5.82 Å². The van der Waals surface area contributed by atoms with Crippen LogP contribution >= 0.6 is 0 Å². The molecule has 0 aliphatic carbocycles. The van der Waals surface area contributed by atoms with E-state index in [1.165, 1.54) is 18.9 Å². The van der Waals surface area contributed by atoms with E-state index in [-0.39, 0.29) is 17.8 Å². The lowest BCUT2D eigenvalue weighted by atomic mass is 10.0. The van der Waals surface area contributed by atoms with Crippen molar-refractivity contribution in [2.24, 2.45) is 0 Å². The summed E-state index contributed by atoms with van der Waals surface area (Å²) in [5.74, 6) is -0.291. The monoisotopic (exact) mass is 369 g/mol. The van der Waals surface area contributed by atoms with Crippen LogP contribution in [0.2, 0.25) is 0 Å². The number of hydrogen-bond acceptors (Lipinski definition) is 3. The first-order valence-corrected chi connectivity index (χ1v) is 9.91. The van der Waals surface area contributed by atoms with Crippen molar-refractivity contribution in [3.05, 3.63) is 47.8 Å². The van der Waals surface area contributed by atoms with Gasteiger partial charge in [0, 0.05) is 43.2 Å². The lowest BCUT2D eigenvalue weighted by Crippen LogP contribution is -2.45. The van der Waals surface area contributed by atoms with Gasteiger partial charge in [0.25, 0.3) is 5.91 Å². The highest BCUT2D eigenvalue weighted by Crippen LogP contribution is 2.26. The number of piperidine rings is 1. The SMILES string of the molecule is CN1CCC(N2CCC(N(C)C(=O)c3ccc(F)c4ccccc34)C2)CC1. The van der Waals surface area contributed by atoms with Crippen molar-refractivity contribution >= 4 is 16.7 Å². The number of hydrogen-bond donors (Lipinski definition) is 0. The molecule has 4 rings (SSSR count). The lowest BCUT2D eigenvalue weighted by Gasteiger charge is -2.35. The van der Waals surface area contributed by atoms with Crippen LogP contribution in [-0.4, -0.2) is 73.0 Å². The summed E-state index contributed by atoms with van der Waals surface area (Å²) in [4.78, 5) is 20.0. The molecule has 1 amide bonds. The number of carbonyl (C=O) groups is 1. The number of likely N-dealkylation sites (tertiary alicyclic amines) is 2. The van der Waals surface area contributed by atoms with Crippen molar-refractivity contribution in [2.75, 3.05) is 40.3 Å². The lowest BCUT2D eigenvalue weighted by molar-refractivity contribution is 0.0723. The molecule has 4 nitrogen and oxygen atoms in total. The van der Waals surface area contributed by atoms with E-state index in [9.17, 15) is 9.18 Å². The maximum Gasteiger partial charge on any atom is 0.254 e. The Hall–Kier alpha value is -1.98. The Morgan fingerprint density at radius 3 is 2.48 bits per heavy atom. The second-order valence-corrected chi connectivity index (χ2v) is 8.03. The zero-order valence-corrected chi connectivity index (χ0v) is 16.2. The Kier molecular flexibility index (Phi) is 5.15. The summed E-state index contributed by atoms with van der Waals surface area (Å²) in [6.45, 7) is 4.31. The van der Waals surface area contributed by atoms with Gasteiger partial charge in [-0.05, 0) is 56.9 Å². The van der Waals surface area contributed by atoms with Gasteiger partial charge in [-0.1, -0.05) is 24.3 Å². The maximum atomic E-state index is 14.1. The normalized spacial score (nSPS) is 22.4. The van der Waals surface area contributed by atoms with E-state index in [1.54, 1.807) is 18.2 Å². The molecule has 0 radical (unpaired) electrons. The van der Waals surface area contributed by atoms with Gasteiger partial charge in [0.05, 0.1) is 0 Å². The van der Waals surface area contributed by atoms with Gasteiger partial charge in [0.15, 0.2) is 0 Å². The maximum absolute atomic E-state index is 14.1. The third kappa shape index (κ3) is 3.58. The van der Waals surface area contributed by atoms with Crippen LogP contribution in [-0.2, 0) is 0 Å². The van der Waals surface area contributed by atoms with E-state index >= 15 is 0 Å². The first kappa shape index (κ1) is 18.4. The van der Waals surface area contributed by atoms with Gasteiger partial charge in [-0.3, -0.25) is 9.69 Å². The molecule has 1 unspecified atom stereocenters. The van der Waals surface area contributed by atoms with Crippen LogP contribution in [0.15, 0.2) is 36.4 Å². The van der Waals surface area contributed by atoms with Crippen LogP contribution in [0.25, 0.3) is 10.8 Å². The topological polar surface area (TPSA) is 26.8 Å². The van der Waals surface area contributed by atoms with Crippen LogP contribution in [0.5, 0.6) is 0 Å². The number of rotatable bonds is 3. The number of carbonyl (C=O) groups excluding carboxylic acids is 1. The number of halogens is 1. The van der Waals surface area contributed by atoms with Crippen LogP contribution in [0.3, 0.4) is 0 Å². The largest absolute Gasteiger partial charge is 0.337 e. The number of benzene rings is 2. The minimum Gasteiger partial charge on any atom is -0.337 e. The molecule has 5 heteroatoms. The van der Waals surface area contributed by atoms with E-state index in [0.29, 0.717) is 22.4 Å². The summed E-state index contributed by atoms with van der Waals surface area (Å²) < 4.78 is 14.1. The van der Waals surface area contributed by atoms with Crippen molar-refractivity contribution in [3.8, 4) is 0 Å². The van der Waals surface area contributed by atoms with Gasteiger partial charge < -0.3 is 9.80 Å². The average Bonchev–Trinajstić information content (AvgIpc) is 3.18. The number of likely N-dealkylation sites (N-methyl/N-ethyl adjacent to an activating group) is 1. The first-order chi connectivity index (χ1) is 13.0. The van der Waals surface area contributed by atoms with Gasteiger partial charge in [-0.15, -0.1) is 0 Å². The Morgan fingerprint density at radius 1 is 1.04 bits per heavy atom. The van der Waals surface area contributed by atoms with E-state index in [0.717, 1.165) is 32.6 Å². The van der Waals surface area contributed by atoms with Gasteiger partial charge in [-0.2, -0.15) is 0 Å². The van der Waals surface area contributed by atoms with Crippen LogP contribution < -0.4 is 0 Å². The molecule has 0 aromatic heterocycles. The van der Waals surface area contributed by atoms with Crippen molar-refractivity contribution < 1.29 is 9.18 Å². The highest BCUT2D eigenvalue weighted by molar-refractivity contribution is 6.07. The first-order valence-electron chi connectivity index (χ1n) is 9.91. The van der Waals surface area contributed by atoms with Crippen molar-refractivity contribution in [1.29, 1.82) is 0 Å². The molecular weight excluding hydrogens is 341 g/mol. The Labute approximate surface area is 160 Å². The summed E-state index contributed by atoms with van der Waals surface area (Å²) >= 11 is 0. The van der Waals surface area contributed by atoms with Crippen LogP contribution in [0, 0.1) is 5.82 Å². The minimum atomic E-state index is -0.279. The quantitative estimate of drug-likeness (QED) is 0.831. The van der Waals surface area contributed by atoms with E-state index in [4.69, 9.17) is 0 Å².